The van der Waals surface area contributed by atoms with Crippen LogP contribution in [-0.4, -0.2) is 0 Å². The summed E-state index contributed by atoms with van der Waals surface area (Å²) in [6.45, 7) is 4.52. The molecule has 0 bridgehead atoms. The quantitative estimate of drug-likeness (QED) is 0.688. The van der Waals surface area contributed by atoms with Crippen molar-refractivity contribution in [2.75, 3.05) is 0 Å². The van der Waals surface area contributed by atoms with Crippen molar-refractivity contribution in [2.45, 2.75) is 39.0 Å². The Morgan fingerprint density at radius 1 is 0.833 bits per heavy atom. The maximum Gasteiger partial charge on any atom is -0.0187 e. The van der Waals surface area contributed by atoms with Gasteiger partial charge in [-0.25, -0.2) is 0 Å². The molecule has 2 aromatic rings. The van der Waals surface area contributed by atoms with Crippen LogP contribution < -0.4 is 0 Å². The van der Waals surface area contributed by atoms with Gasteiger partial charge in [-0.1, -0.05) is 68.4 Å². The zero-order valence-corrected chi connectivity index (χ0v) is 11.4. The van der Waals surface area contributed by atoms with E-state index in [1.54, 1.807) is 0 Å². The van der Waals surface area contributed by atoms with Crippen molar-refractivity contribution in [1.29, 1.82) is 0 Å². The van der Waals surface area contributed by atoms with Gasteiger partial charge in [-0.2, -0.15) is 0 Å². The lowest BCUT2D eigenvalue weighted by Gasteiger charge is -2.11. The lowest BCUT2D eigenvalue weighted by Crippen LogP contribution is -1.96. The van der Waals surface area contributed by atoms with Crippen molar-refractivity contribution in [3.8, 4) is 0 Å². The predicted molar refractivity (Wildman–Crippen MR) is 79.0 cm³/mol. The third-order valence-electron chi connectivity index (χ3n) is 3.67. The molecule has 0 fully saturated rings. The van der Waals surface area contributed by atoms with Crippen LogP contribution in [0.4, 0.5) is 0 Å². The van der Waals surface area contributed by atoms with Crippen molar-refractivity contribution in [1.82, 2.24) is 0 Å². The van der Waals surface area contributed by atoms with E-state index in [4.69, 9.17) is 0 Å². The second kappa shape index (κ2) is 6.39. The molecule has 1 unspecified atom stereocenters. The number of hydrogen-bond acceptors (Lipinski definition) is 0. The first-order chi connectivity index (χ1) is 8.79. The number of aryl methyl sites for hydroxylation is 2. The zero-order chi connectivity index (χ0) is 12.8. The molecule has 0 amide bonds. The molecule has 0 radical (unpaired) electrons. The Morgan fingerprint density at radius 2 is 1.44 bits per heavy atom. The second-order valence-electron chi connectivity index (χ2n) is 5.02. The molecule has 0 spiro atoms. The fraction of sp³-hybridized carbons (Fsp3) is 0.333. The van der Waals surface area contributed by atoms with Crippen LogP contribution in [0, 0.1) is 0 Å². The zero-order valence-electron chi connectivity index (χ0n) is 11.4. The smallest absolute Gasteiger partial charge is 0.0187 e. The Balaban J connectivity index is 1.91. The molecular formula is C18H22. The fourth-order valence-electron chi connectivity index (χ4n) is 2.27. The summed E-state index contributed by atoms with van der Waals surface area (Å²) in [4.78, 5) is 0. The van der Waals surface area contributed by atoms with Gasteiger partial charge in [0.1, 0.15) is 0 Å². The molecule has 94 valence electrons. The molecule has 0 heteroatoms. The van der Waals surface area contributed by atoms with E-state index in [0.717, 1.165) is 6.42 Å². The van der Waals surface area contributed by atoms with Crippen molar-refractivity contribution in [3.05, 3.63) is 71.3 Å². The summed E-state index contributed by atoms with van der Waals surface area (Å²) >= 11 is 0. The minimum Gasteiger partial charge on any atom is -0.0622 e. The predicted octanol–water partition coefficient (Wildman–Crippen LogP) is 4.99. The summed E-state index contributed by atoms with van der Waals surface area (Å²) in [7, 11) is 0. The van der Waals surface area contributed by atoms with Crippen LogP contribution in [0.25, 0.3) is 0 Å². The highest BCUT2D eigenvalue weighted by molar-refractivity contribution is 5.23. The fourth-order valence-corrected chi connectivity index (χ4v) is 2.27. The van der Waals surface area contributed by atoms with E-state index in [0.29, 0.717) is 5.92 Å². The van der Waals surface area contributed by atoms with Crippen molar-refractivity contribution in [3.63, 3.8) is 0 Å². The largest absolute Gasteiger partial charge is 0.0622 e. The van der Waals surface area contributed by atoms with E-state index in [2.05, 4.69) is 68.4 Å². The summed E-state index contributed by atoms with van der Waals surface area (Å²) in [6, 6.07) is 19.8. The first kappa shape index (κ1) is 12.9. The highest BCUT2D eigenvalue weighted by Crippen LogP contribution is 2.20. The van der Waals surface area contributed by atoms with E-state index >= 15 is 0 Å². The van der Waals surface area contributed by atoms with Crippen LogP contribution in [0.5, 0.6) is 0 Å². The standard InChI is InChI=1S/C18H22/c1-3-16-11-13-17(14-12-16)10-9-15(2)18-7-5-4-6-8-18/h4-8,11-15H,3,9-10H2,1-2H3. The van der Waals surface area contributed by atoms with Gasteiger partial charge in [-0.05, 0) is 41.9 Å². The lowest BCUT2D eigenvalue weighted by atomic mass is 9.94. The SMILES string of the molecule is CCc1ccc(CCC(C)c2ccccc2)cc1. The number of hydrogen-bond donors (Lipinski definition) is 0. The van der Waals surface area contributed by atoms with E-state index in [1.807, 2.05) is 0 Å². The first-order valence-electron chi connectivity index (χ1n) is 6.92. The molecule has 0 heterocycles. The maximum atomic E-state index is 2.32. The van der Waals surface area contributed by atoms with Crippen LogP contribution in [0.2, 0.25) is 0 Å². The maximum absolute atomic E-state index is 2.32. The monoisotopic (exact) mass is 238 g/mol. The van der Waals surface area contributed by atoms with E-state index in [9.17, 15) is 0 Å². The number of rotatable bonds is 5. The van der Waals surface area contributed by atoms with Crippen molar-refractivity contribution < 1.29 is 0 Å². The Morgan fingerprint density at radius 3 is 2.06 bits per heavy atom. The van der Waals surface area contributed by atoms with Gasteiger partial charge in [-0.15, -0.1) is 0 Å². The van der Waals surface area contributed by atoms with Crippen LogP contribution in [-0.2, 0) is 12.8 Å². The van der Waals surface area contributed by atoms with Crippen molar-refractivity contribution >= 4 is 0 Å². The van der Waals surface area contributed by atoms with Gasteiger partial charge in [-0.3, -0.25) is 0 Å². The molecular weight excluding hydrogens is 216 g/mol. The summed E-state index contributed by atoms with van der Waals surface area (Å²) in [6.07, 6.45) is 3.51. The molecule has 0 aliphatic rings. The lowest BCUT2D eigenvalue weighted by molar-refractivity contribution is 0.679. The van der Waals surface area contributed by atoms with E-state index in [-0.39, 0.29) is 0 Å². The van der Waals surface area contributed by atoms with Gasteiger partial charge in [0.05, 0.1) is 0 Å². The topological polar surface area (TPSA) is 0 Å². The highest BCUT2D eigenvalue weighted by Gasteiger charge is 2.05. The molecule has 2 rings (SSSR count). The van der Waals surface area contributed by atoms with Gasteiger partial charge in [0.15, 0.2) is 0 Å². The molecule has 0 saturated carbocycles. The first-order valence-corrected chi connectivity index (χ1v) is 6.92. The summed E-state index contributed by atoms with van der Waals surface area (Å²) in [5.74, 6) is 0.636. The van der Waals surface area contributed by atoms with E-state index < -0.39 is 0 Å². The van der Waals surface area contributed by atoms with Gasteiger partial charge in [0.2, 0.25) is 0 Å². The van der Waals surface area contributed by atoms with Gasteiger partial charge < -0.3 is 0 Å². The third-order valence-corrected chi connectivity index (χ3v) is 3.67. The highest BCUT2D eigenvalue weighted by atomic mass is 14.1. The van der Waals surface area contributed by atoms with Gasteiger partial charge in [0, 0.05) is 0 Å². The summed E-state index contributed by atoms with van der Waals surface area (Å²) < 4.78 is 0. The third kappa shape index (κ3) is 3.46. The van der Waals surface area contributed by atoms with Crippen LogP contribution >= 0.6 is 0 Å². The van der Waals surface area contributed by atoms with Crippen molar-refractivity contribution in [2.24, 2.45) is 0 Å². The average molecular weight is 238 g/mol. The summed E-state index contributed by atoms with van der Waals surface area (Å²) in [5.41, 5.74) is 4.33. The van der Waals surface area contributed by atoms with Crippen LogP contribution in [0.15, 0.2) is 54.6 Å². The molecule has 0 saturated heterocycles. The average Bonchev–Trinajstić information content (AvgIpc) is 2.46. The van der Waals surface area contributed by atoms with Crippen LogP contribution in [0.1, 0.15) is 42.9 Å². The minimum absolute atomic E-state index is 0.636. The molecule has 0 aromatic heterocycles. The van der Waals surface area contributed by atoms with E-state index in [1.165, 1.54) is 29.5 Å². The molecule has 0 nitrogen and oxygen atoms in total. The summed E-state index contributed by atoms with van der Waals surface area (Å²) in [5, 5.41) is 0. The Hall–Kier alpha value is -1.56. The molecule has 0 aliphatic carbocycles. The minimum atomic E-state index is 0.636. The molecule has 2 aromatic carbocycles. The number of benzene rings is 2. The molecule has 18 heavy (non-hydrogen) atoms. The van der Waals surface area contributed by atoms with Crippen LogP contribution in [0.3, 0.4) is 0 Å². The molecule has 0 aliphatic heterocycles. The van der Waals surface area contributed by atoms with Gasteiger partial charge >= 0.3 is 0 Å². The molecule has 1 atom stereocenters. The Bertz CT molecular complexity index is 453. The second-order valence-corrected chi connectivity index (χ2v) is 5.02. The Labute approximate surface area is 111 Å². The van der Waals surface area contributed by atoms with Gasteiger partial charge in [0.25, 0.3) is 0 Å². The molecule has 0 N–H and O–H groups in total. The Kier molecular flexibility index (Phi) is 4.58. The normalized spacial score (nSPS) is 12.3.